The molecule has 0 unspecified atom stereocenters. The Morgan fingerprint density at radius 1 is 1.36 bits per heavy atom. The summed E-state index contributed by atoms with van der Waals surface area (Å²) in [6.07, 6.45) is 5.98. The summed E-state index contributed by atoms with van der Waals surface area (Å²) >= 11 is 0. The van der Waals surface area contributed by atoms with Gasteiger partial charge in [0.1, 0.15) is 5.82 Å². The minimum Gasteiger partial charge on any atom is -0.357 e. The van der Waals surface area contributed by atoms with E-state index in [0.717, 1.165) is 37.3 Å². The van der Waals surface area contributed by atoms with E-state index in [1.54, 1.807) is 13.2 Å². The first-order valence-electron chi connectivity index (χ1n) is 7.93. The molecular weight excluding hydrogens is 300 g/mol. The molecule has 124 valence electrons. The highest BCUT2D eigenvalue weighted by Crippen LogP contribution is 2.18. The third kappa shape index (κ3) is 4.66. The van der Waals surface area contributed by atoms with Crippen LogP contribution in [0.1, 0.15) is 38.2 Å². The van der Waals surface area contributed by atoms with Crippen molar-refractivity contribution in [2.24, 2.45) is 0 Å². The lowest BCUT2D eigenvalue weighted by molar-refractivity contribution is 0.448. The van der Waals surface area contributed by atoms with Crippen molar-refractivity contribution >= 4 is 16.0 Å². The molecule has 1 aromatic heterocycles. The van der Waals surface area contributed by atoms with Crippen LogP contribution in [-0.4, -0.2) is 44.4 Å². The molecule has 1 aliphatic heterocycles. The average Bonchev–Trinajstić information content (AvgIpc) is 3.05. The van der Waals surface area contributed by atoms with Gasteiger partial charge in [-0.15, -0.1) is 0 Å². The Hall–Kier alpha value is -1.18. The third-order valence-corrected chi connectivity index (χ3v) is 5.45. The van der Waals surface area contributed by atoms with Crippen LogP contribution >= 0.6 is 0 Å². The fraction of sp³-hybridized carbons (Fsp3) is 0.667. The molecular formula is C15H26N4O2S. The van der Waals surface area contributed by atoms with Crippen LogP contribution in [0, 0.1) is 0 Å². The van der Waals surface area contributed by atoms with E-state index in [1.165, 1.54) is 17.1 Å². The second-order valence-electron chi connectivity index (χ2n) is 5.72. The largest absolute Gasteiger partial charge is 0.357 e. The van der Waals surface area contributed by atoms with Crippen molar-refractivity contribution in [3.8, 4) is 0 Å². The van der Waals surface area contributed by atoms with Crippen LogP contribution in [0.15, 0.2) is 18.3 Å². The first kappa shape index (κ1) is 17.2. The zero-order valence-electron chi connectivity index (χ0n) is 13.5. The standard InChI is InChI=1S/C15H26N4O2S/c1-3-4-9-18(2)22(20,21)17-13-14-7-8-16-15(12-14)19-10-5-6-11-19/h7-8,12,17H,3-6,9-11,13H2,1-2H3. The van der Waals surface area contributed by atoms with E-state index >= 15 is 0 Å². The molecule has 7 heteroatoms. The van der Waals surface area contributed by atoms with Crippen LogP contribution in [0.25, 0.3) is 0 Å². The highest BCUT2D eigenvalue weighted by Gasteiger charge is 2.17. The first-order chi connectivity index (χ1) is 10.5. The second-order valence-corrected chi connectivity index (χ2v) is 7.58. The van der Waals surface area contributed by atoms with Crippen LogP contribution in [0.3, 0.4) is 0 Å². The van der Waals surface area contributed by atoms with Crippen molar-refractivity contribution in [3.05, 3.63) is 23.9 Å². The molecule has 1 N–H and O–H groups in total. The van der Waals surface area contributed by atoms with Crippen LogP contribution in [0.2, 0.25) is 0 Å². The molecule has 2 heterocycles. The topological polar surface area (TPSA) is 65.5 Å². The highest BCUT2D eigenvalue weighted by molar-refractivity contribution is 7.87. The summed E-state index contributed by atoms with van der Waals surface area (Å²) in [5.74, 6) is 0.938. The summed E-state index contributed by atoms with van der Waals surface area (Å²) < 4.78 is 28.3. The maximum absolute atomic E-state index is 12.1. The van der Waals surface area contributed by atoms with Crippen molar-refractivity contribution in [3.63, 3.8) is 0 Å². The van der Waals surface area contributed by atoms with Crippen LogP contribution in [0.5, 0.6) is 0 Å². The lowest BCUT2D eigenvalue weighted by Crippen LogP contribution is -2.38. The molecule has 0 spiro atoms. The molecule has 0 bridgehead atoms. The quantitative estimate of drug-likeness (QED) is 0.790. The molecule has 0 amide bonds. The van der Waals surface area contributed by atoms with Gasteiger partial charge in [0.2, 0.25) is 0 Å². The van der Waals surface area contributed by atoms with Crippen LogP contribution in [-0.2, 0) is 16.8 Å². The minimum absolute atomic E-state index is 0.294. The van der Waals surface area contributed by atoms with E-state index in [1.807, 2.05) is 19.1 Å². The SMILES string of the molecule is CCCCN(C)S(=O)(=O)NCc1ccnc(N2CCCC2)c1. The molecule has 1 saturated heterocycles. The van der Waals surface area contributed by atoms with Gasteiger partial charge in [0, 0.05) is 39.4 Å². The number of pyridine rings is 1. The molecule has 0 aromatic carbocycles. The molecule has 1 aliphatic rings. The Morgan fingerprint density at radius 2 is 2.09 bits per heavy atom. The maximum Gasteiger partial charge on any atom is 0.279 e. The van der Waals surface area contributed by atoms with Crippen LogP contribution in [0.4, 0.5) is 5.82 Å². The fourth-order valence-corrected chi connectivity index (χ4v) is 3.41. The third-order valence-electron chi connectivity index (χ3n) is 3.94. The van der Waals surface area contributed by atoms with Gasteiger partial charge in [-0.3, -0.25) is 0 Å². The van der Waals surface area contributed by atoms with E-state index in [9.17, 15) is 8.42 Å². The van der Waals surface area contributed by atoms with E-state index in [4.69, 9.17) is 0 Å². The molecule has 0 saturated carbocycles. The molecule has 1 aromatic rings. The lowest BCUT2D eigenvalue weighted by atomic mass is 10.2. The van der Waals surface area contributed by atoms with Crippen molar-refractivity contribution in [1.82, 2.24) is 14.0 Å². The Labute approximate surface area is 133 Å². The van der Waals surface area contributed by atoms with Crippen molar-refractivity contribution in [1.29, 1.82) is 0 Å². The number of aromatic nitrogens is 1. The zero-order valence-corrected chi connectivity index (χ0v) is 14.3. The number of nitrogens with zero attached hydrogens (tertiary/aromatic N) is 3. The lowest BCUT2D eigenvalue weighted by Gasteiger charge is -2.19. The summed E-state index contributed by atoms with van der Waals surface area (Å²) in [5.41, 5.74) is 0.935. The Bertz CT molecular complexity index is 571. The number of nitrogens with one attached hydrogen (secondary N) is 1. The number of unbranched alkanes of at least 4 members (excludes halogenated alkanes) is 1. The van der Waals surface area contributed by atoms with Gasteiger partial charge in [0.15, 0.2) is 0 Å². The number of hydrogen-bond acceptors (Lipinski definition) is 4. The van der Waals surface area contributed by atoms with Gasteiger partial charge in [-0.05, 0) is 37.0 Å². The van der Waals surface area contributed by atoms with E-state index < -0.39 is 10.2 Å². The van der Waals surface area contributed by atoms with E-state index in [2.05, 4.69) is 14.6 Å². The van der Waals surface area contributed by atoms with Gasteiger partial charge in [-0.25, -0.2) is 4.98 Å². The molecule has 0 atom stereocenters. The molecule has 1 fully saturated rings. The summed E-state index contributed by atoms with van der Waals surface area (Å²) in [6.45, 7) is 4.94. The number of anilines is 1. The molecule has 0 radical (unpaired) electrons. The van der Waals surface area contributed by atoms with Gasteiger partial charge >= 0.3 is 0 Å². The molecule has 2 rings (SSSR count). The van der Waals surface area contributed by atoms with E-state index in [-0.39, 0.29) is 0 Å². The number of hydrogen-bond donors (Lipinski definition) is 1. The average molecular weight is 326 g/mol. The Morgan fingerprint density at radius 3 is 2.77 bits per heavy atom. The van der Waals surface area contributed by atoms with Crippen molar-refractivity contribution in [2.45, 2.75) is 39.2 Å². The fourth-order valence-electron chi connectivity index (χ4n) is 2.48. The van der Waals surface area contributed by atoms with Crippen molar-refractivity contribution < 1.29 is 8.42 Å². The highest BCUT2D eigenvalue weighted by atomic mass is 32.2. The molecule has 0 aliphatic carbocycles. The second kappa shape index (κ2) is 7.89. The van der Waals surface area contributed by atoms with Gasteiger partial charge in [0.25, 0.3) is 10.2 Å². The summed E-state index contributed by atoms with van der Waals surface area (Å²) in [4.78, 5) is 6.62. The zero-order chi connectivity index (χ0) is 16.0. The van der Waals surface area contributed by atoms with Crippen molar-refractivity contribution in [2.75, 3.05) is 31.6 Å². The summed E-state index contributed by atoms with van der Waals surface area (Å²) in [6, 6.07) is 3.83. The monoisotopic (exact) mass is 326 g/mol. The molecule has 6 nitrogen and oxygen atoms in total. The van der Waals surface area contributed by atoms with Gasteiger partial charge in [-0.2, -0.15) is 17.4 Å². The Balaban J connectivity index is 1.94. The first-order valence-corrected chi connectivity index (χ1v) is 9.37. The minimum atomic E-state index is -3.41. The predicted molar refractivity (Wildman–Crippen MR) is 89.0 cm³/mol. The summed E-state index contributed by atoms with van der Waals surface area (Å²) in [7, 11) is -1.80. The van der Waals surface area contributed by atoms with Gasteiger partial charge in [0.05, 0.1) is 0 Å². The molecule has 22 heavy (non-hydrogen) atoms. The maximum atomic E-state index is 12.1. The van der Waals surface area contributed by atoms with Crippen LogP contribution < -0.4 is 9.62 Å². The van der Waals surface area contributed by atoms with Gasteiger partial charge in [-0.1, -0.05) is 13.3 Å². The summed E-state index contributed by atoms with van der Waals surface area (Å²) in [5, 5.41) is 0. The van der Waals surface area contributed by atoms with Gasteiger partial charge < -0.3 is 4.90 Å². The predicted octanol–water partition coefficient (Wildman–Crippen LogP) is 1.75. The smallest absolute Gasteiger partial charge is 0.279 e. The number of rotatable bonds is 8. The Kier molecular flexibility index (Phi) is 6.16. The van der Waals surface area contributed by atoms with E-state index in [0.29, 0.717) is 13.1 Å². The normalized spacial score (nSPS) is 15.7.